The first kappa shape index (κ1) is 16.5. The molecule has 0 aliphatic rings. The predicted octanol–water partition coefficient (Wildman–Crippen LogP) is 6.03. The van der Waals surface area contributed by atoms with Crippen molar-refractivity contribution in [3.63, 3.8) is 0 Å². The summed E-state index contributed by atoms with van der Waals surface area (Å²) in [5.74, 6) is -5.51. The number of halogens is 4. The van der Waals surface area contributed by atoms with Crippen LogP contribution in [0.15, 0.2) is 30.3 Å². The van der Waals surface area contributed by atoms with Crippen molar-refractivity contribution in [2.75, 3.05) is 0 Å². The van der Waals surface area contributed by atoms with E-state index in [-0.39, 0.29) is 11.6 Å². The van der Waals surface area contributed by atoms with Crippen molar-refractivity contribution in [1.82, 2.24) is 0 Å². The maximum atomic E-state index is 13.7. The van der Waals surface area contributed by atoms with Gasteiger partial charge >= 0.3 is 0 Å². The molecule has 0 saturated carbocycles. The Kier molecular flexibility index (Phi) is 5.58. The summed E-state index contributed by atoms with van der Waals surface area (Å²) in [6, 6.07) is 6.69. The number of benzene rings is 2. The van der Waals surface area contributed by atoms with E-state index in [0.29, 0.717) is 0 Å². The van der Waals surface area contributed by atoms with Gasteiger partial charge < -0.3 is 0 Å². The fraction of sp³-hybridized carbons (Fsp3) is 0.333. The lowest BCUT2D eigenvalue weighted by atomic mass is 10.00. The Labute approximate surface area is 127 Å². The van der Waals surface area contributed by atoms with E-state index < -0.39 is 28.8 Å². The average Bonchev–Trinajstić information content (AvgIpc) is 2.51. The van der Waals surface area contributed by atoms with Gasteiger partial charge in [-0.05, 0) is 24.0 Å². The van der Waals surface area contributed by atoms with Gasteiger partial charge in [-0.1, -0.05) is 50.5 Å². The second-order valence-electron chi connectivity index (χ2n) is 5.35. The molecule has 22 heavy (non-hydrogen) atoms. The SMILES string of the molecule is CCCCCCc1ccc(-c2c(F)c(F)cc(F)c2F)cc1. The van der Waals surface area contributed by atoms with E-state index in [1.807, 2.05) is 0 Å². The lowest BCUT2D eigenvalue weighted by Crippen LogP contribution is -1.98. The van der Waals surface area contributed by atoms with Crippen molar-refractivity contribution in [2.24, 2.45) is 0 Å². The quantitative estimate of drug-likeness (QED) is 0.347. The smallest absolute Gasteiger partial charge is 0.169 e. The van der Waals surface area contributed by atoms with E-state index in [1.165, 1.54) is 18.6 Å². The Hall–Kier alpha value is -1.84. The van der Waals surface area contributed by atoms with Gasteiger partial charge in [0.1, 0.15) is 0 Å². The van der Waals surface area contributed by atoms with E-state index in [0.717, 1.165) is 31.2 Å². The molecule has 118 valence electrons. The Balaban J connectivity index is 2.21. The highest BCUT2D eigenvalue weighted by molar-refractivity contribution is 5.65. The van der Waals surface area contributed by atoms with Crippen molar-refractivity contribution in [2.45, 2.75) is 39.0 Å². The number of rotatable bonds is 6. The van der Waals surface area contributed by atoms with Crippen LogP contribution in [-0.4, -0.2) is 0 Å². The van der Waals surface area contributed by atoms with Crippen molar-refractivity contribution in [3.05, 3.63) is 59.2 Å². The molecule has 0 amide bonds. The molecule has 4 heteroatoms. The molecule has 0 unspecified atom stereocenters. The first-order chi connectivity index (χ1) is 10.5. The Bertz CT molecular complexity index is 606. The normalized spacial score (nSPS) is 11.0. The Morgan fingerprint density at radius 3 is 1.91 bits per heavy atom. The van der Waals surface area contributed by atoms with Crippen LogP contribution in [0, 0.1) is 23.3 Å². The van der Waals surface area contributed by atoms with Crippen molar-refractivity contribution in [3.8, 4) is 11.1 Å². The van der Waals surface area contributed by atoms with Crippen LogP contribution in [0.4, 0.5) is 17.6 Å². The third-order valence-corrected chi connectivity index (χ3v) is 3.67. The topological polar surface area (TPSA) is 0 Å². The summed E-state index contributed by atoms with van der Waals surface area (Å²) in [7, 11) is 0. The highest BCUT2D eigenvalue weighted by Crippen LogP contribution is 2.29. The zero-order valence-corrected chi connectivity index (χ0v) is 12.4. The van der Waals surface area contributed by atoms with Crippen molar-refractivity contribution >= 4 is 0 Å². The van der Waals surface area contributed by atoms with Crippen LogP contribution < -0.4 is 0 Å². The molecule has 0 atom stereocenters. The van der Waals surface area contributed by atoms with Crippen molar-refractivity contribution < 1.29 is 17.6 Å². The van der Waals surface area contributed by atoms with Crippen LogP contribution in [0.3, 0.4) is 0 Å². The monoisotopic (exact) mass is 310 g/mol. The molecule has 0 radical (unpaired) electrons. The molecular formula is C18H18F4. The summed E-state index contributed by atoms with van der Waals surface area (Å²) < 4.78 is 54.0. The highest BCUT2D eigenvalue weighted by Gasteiger charge is 2.20. The zero-order chi connectivity index (χ0) is 16.1. The van der Waals surface area contributed by atoms with Gasteiger partial charge in [0.25, 0.3) is 0 Å². The second-order valence-corrected chi connectivity index (χ2v) is 5.35. The summed E-state index contributed by atoms with van der Waals surface area (Å²) in [4.78, 5) is 0. The summed E-state index contributed by atoms with van der Waals surface area (Å²) in [6.45, 7) is 2.13. The van der Waals surface area contributed by atoms with Gasteiger partial charge in [0, 0.05) is 6.07 Å². The minimum atomic E-state index is -1.39. The molecular weight excluding hydrogens is 292 g/mol. The number of hydrogen-bond acceptors (Lipinski definition) is 0. The number of hydrogen-bond donors (Lipinski definition) is 0. The molecule has 0 aliphatic carbocycles. The second kappa shape index (κ2) is 7.43. The largest absolute Gasteiger partial charge is 0.204 e. The first-order valence-electron chi connectivity index (χ1n) is 7.47. The Morgan fingerprint density at radius 1 is 0.773 bits per heavy atom. The van der Waals surface area contributed by atoms with E-state index in [1.54, 1.807) is 12.1 Å². The van der Waals surface area contributed by atoms with Crippen LogP contribution in [-0.2, 0) is 6.42 Å². The predicted molar refractivity (Wildman–Crippen MR) is 79.6 cm³/mol. The third kappa shape index (κ3) is 3.67. The van der Waals surface area contributed by atoms with Crippen LogP contribution in [0.2, 0.25) is 0 Å². The van der Waals surface area contributed by atoms with Gasteiger partial charge in [-0.15, -0.1) is 0 Å². The molecule has 2 aromatic rings. The van der Waals surface area contributed by atoms with Gasteiger partial charge in [0.2, 0.25) is 0 Å². The van der Waals surface area contributed by atoms with E-state index >= 15 is 0 Å². The molecule has 0 aromatic heterocycles. The lowest BCUT2D eigenvalue weighted by Gasteiger charge is -2.08. The molecule has 0 fully saturated rings. The van der Waals surface area contributed by atoms with Gasteiger partial charge in [0.15, 0.2) is 23.3 Å². The van der Waals surface area contributed by atoms with Gasteiger partial charge in [-0.2, -0.15) is 0 Å². The molecule has 0 saturated heterocycles. The standard InChI is InChI=1S/C18H18F4/c1-2-3-4-5-6-12-7-9-13(10-8-12)16-17(21)14(19)11-15(20)18(16)22/h7-11H,2-6H2,1H3. The maximum Gasteiger partial charge on any atom is 0.169 e. The summed E-state index contributed by atoms with van der Waals surface area (Å²) >= 11 is 0. The molecule has 0 spiro atoms. The summed E-state index contributed by atoms with van der Waals surface area (Å²) in [5.41, 5.74) is 0.512. The minimum Gasteiger partial charge on any atom is -0.204 e. The van der Waals surface area contributed by atoms with Gasteiger partial charge in [-0.25, -0.2) is 17.6 Å². The third-order valence-electron chi connectivity index (χ3n) is 3.67. The summed E-state index contributed by atoms with van der Waals surface area (Å²) in [5, 5.41) is 0. The van der Waals surface area contributed by atoms with Gasteiger partial charge in [-0.3, -0.25) is 0 Å². The van der Waals surface area contributed by atoms with Crippen molar-refractivity contribution in [1.29, 1.82) is 0 Å². The Morgan fingerprint density at radius 2 is 1.36 bits per heavy atom. The molecule has 2 rings (SSSR count). The van der Waals surface area contributed by atoms with Crippen LogP contribution in [0.1, 0.15) is 38.2 Å². The van der Waals surface area contributed by atoms with Gasteiger partial charge in [0.05, 0.1) is 5.56 Å². The maximum absolute atomic E-state index is 13.7. The molecule has 0 nitrogen and oxygen atoms in total. The number of aryl methyl sites for hydroxylation is 1. The average molecular weight is 310 g/mol. The van der Waals surface area contributed by atoms with Crippen LogP contribution in [0.5, 0.6) is 0 Å². The molecule has 0 heterocycles. The van der Waals surface area contributed by atoms with E-state index in [9.17, 15) is 17.6 Å². The first-order valence-corrected chi connectivity index (χ1v) is 7.47. The fourth-order valence-electron chi connectivity index (χ4n) is 2.42. The lowest BCUT2D eigenvalue weighted by molar-refractivity contribution is 0.458. The van der Waals surface area contributed by atoms with Crippen LogP contribution in [0.25, 0.3) is 11.1 Å². The number of unbranched alkanes of at least 4 members (excludes halogenated alkanes) is 3. The molecule has 0 N–H and O–H groups in total. The highest BCUT2D eigenvalue weighted by atomic mass is 19.2. The van der Waals surface area contributed by atoms with E-state index in [2.05, 4.69) is 6.92 Å². The van der Waals surface area contributed by atoms with Crippen LogP contribution >= 0.6 is 0 Å². The summed E-state index contributed by atoms with van der Waals surface area (Å²) in [6.07, 6.45) is 5.39. The molecule has 2 aromatic carbocycles. The zero-order valence-electron chi connectivity index (χ0n) is 12.4. The molecule has 0 bridgehead atoms. The minimum absolute atomic E-state index is 0.130. The van der Waals surface area contributed by atoms with E-state index in [4.69, 9.17) is 0 Å². The fourth-order valence-corrected chi connectivity index (χ4v) is 2.42. The molecule has 0 aliphatic heterocycles.